The molecule has 1 aromatic rings. The molecule has 0 saturated heterocycles. The number of carbonyl (C=O) groups excluding carboxylic acids is 1. The van der Waals surface area contributed by atoms with Crippen molar-refractivity contribution in [2.75, 3.05) is 19.8 Å². The normalized spacial score (nSPS) is 10.5. The number of nitrogens with zero attached hydrogens (tertiary/aromatic N) is 1. The molecule has 0 fully saturated rings. The zero-order chi connectivity index (χ0) is 13.9. The topological polar surface area (TPSA) is 88.5 Å². The zero-order valence-corrected chi connectivity index (χ0v) is 10.4. The minimum atomic E-state index is -0.900. The van der Waals surface area contributed by atoms with Crippen molar-refractivity contribution in [2.24, 2.45) is 0 Å². The molecule has 0 unspecified atom stereocenters. The molecule has 0 saturated carbocycles. The molecular formula is C13H16N2O4. The number of hydrogen-bond acceptors (Lipinski definition) is 4. The summed E-state index contributed by atoms with van der Waals surface area (Å²) in [5, 5.41) is 11.0. The van der Waals surface area contributed by atoms with Gasteiger partial charge in [0.1, 0.15) is 0 Å². The fourth-order valence-electron chi connectivity index (χ4n) is 1.21. The first-order valence-corrected chi connectivity index (χ1v) is 5.84. The van der Waals surface area contributed by atoms with Crippen LogP contribution in [-0.2, 0) is 14.3 Å². The number of amides is 1. The number of aromatic nitrogens is 1. The molecule has 0 aromatic carbocycles. The van der Waals surface area contributed by atoms with Crippen LogP contribution in [0.2, 0.25) is 0 Å². The van der Waals surface area contributed by atoms with E-state index in [4.69, 9.17) is 9.84 Å². The summed E-state index contributed by atoms with van der Waals surface area (Å²) in [6, 6.07) is 3.62. The number of pyridine rings is 1. The highest BCUT2D eigenvalue weighted by Crippen LogP contribution is 1.97. The standard InChI is InChI=1S/C13H16N2O4/c16-12(4-3-11-2-1-6-14-10-11)15-7-9-19-8-5-13(17)18/h1-4,6,10H,5,7-9H2,(H,15,16)(H,17,18)/b4-3+. The maximum Gasteiger partial charge on any atom is 0.305 e. The van der Waals surface area contributed by atoms with Gasteiger partial charge in [0.25, 0.3) is 0 Å². The van der Waals surface area contributed by atoms with Crippen molar-refractivity contribution >= 4 is 18.0 Å². The van der Waals surface area contributed by atoms with Crippen LogP contribution in [0.3, 0.4) is 0 Å². The number of hydrogen-bond donors (Lipinski definition) is 2. The molecule has 0 aliphatic rings. The van der Waals surface area contributed by atoms with Crippen molar-refractivity contribution in [1.29, 1.82) is 0 Å². The van der Waals surface area contributed by atoms with Gasteiger partial charge in [-0.1, -0.05) is 6.07 Å². The van der Waals surface area contributed by atoms with Gasteiger partial charge in [-0.05, 0) is 17.7 Å². The Kier molecular flexibility index (Phi) is 6.89. The minimum absolute atomic E-state index is 0.0329. The second kappa shape index (κ2) is 8.82. The van der Waals surface area contributed by atoms with Crippen LogP contribution in [0.25, 0.3) is 6.08 Å². The van der Waals surface area contributed by atoms with Gasteiger partial charge in [-0.15, -0.1) is 0 Å². The molecule has 2 N–H and O–H groups in total. The Labute approximate surface area is 111 Å². The Morgan fingerprint density at radius 1 is 1.42 bits per heavy atom. The zero-order valence-electron chi connectivity index (χ0n) is 10.4. The van der Waals surface area contributed by atoms with Crippen LogP contribution in [0.1, 0.15) is 12.0 Å². The van der Waals surface area contributed by atoms with Gasteiger partial charge in [0.2, 0.25) is 5.91 Å². The molecule has 1 heterocycles. The highest BCUT2D eigenvalue weighted by atomic mass is 16.5. The van der Waals surface area contributed by atoms with Gasteiger partial charge in [0.05, 0.1) is 19.6 Å². The quantitative estimate of drug-likeness (QED) is 0.533. The van der Waals surface area contributed by atoms with Gasteiger partial charge in [-0.25, -0.2) is 0 Å². The van der Waals surface area contributed by atoms with Crippen LogP contribution in [0, 0.1) is 0 Å². The monoisotopic (exact) mass is 264 g/mol. The summed E-state index contributed by atoms with van der Waals surface area (Å²) in [6.07, 6.45) is 6.35. The SMILES string of the molecule is O=C(O)CCOCCNC(=O)/C=C/c1cccnc1. The maximum atomic E-state index is 11.4. The molecule has 1 amide bonds. The van der Waals surface area contributed by atoms with Crippen LogP contribution in [0.4, 0.5) is 0 Å². The molecule has 1 rings (SSSR count). The third-order valence-electron chi connectivity index (χ3n) is 2.12. The van der Waals surface area contributed by atoms with E-state index in [2.05, 4.69) is 10.3 Å². The average molecular weight is 264 g/mol. The number of aliphatic carboxylic acids is 1. The first kappa shape index (κ1) is 14.8. The van der Waals surface area contributed by atoms with E-state index in [0.29, 0.717) is 13.2 Å². The van der Waals surface area contributed by atoms with E-state index in [-0.39, 0.29) is 18.9 Å². The van der Waals surface area contributed by atoms with E-state index in [1.54, 1.807) is 24.5 Å². The molecule has 0 aliphatic carbocycles. The van der Waals surface area contributed by atoms with Crippen molar-refractivity contribution in [1.82, 2.24) is 10.3 Å². The fourth-order valence-corrected chi connectivity index (χ4v) is 1.21. The van der Waals surface area contributed by atoms with Crippen LogP contribution in [-0.4, -0.2) is 41.7 Å². The van der Waals surface area contributed by atoms with Crippen LogP contribution < -0.4 is 5.32 Å². The van der Waals surface area contributed by atoms with E-state index < -0.39 is 5.97 Å². The Balaban J connectivity index is 2.11. The number of carboxylic acid groups (broad SMARTS) is 1. The van der Waals surface area contributed by atoms with Crippen molar-refractivity contribution < 1.29 is 19.4 Å². The lowest BCUT2D eigenvalue weighted by molar-refractivity contribution is -0.138. The molecule has 6 nitrogen and oxygen atoms in total. The minimum Gasteiger partial charge on any atom is -0.481 e. The van der Waals surface area contributed by atoms with Crippen LogP contribution in [0.15, 0.2) is 30.6 Å². The molecule has 6 heteroatoms. The summed E-state index contributed by atoms with van der Waals surface area (Å²) >= 11 is 0. The highest BCUT2D eigenvalue weighted by molar-refractivity contribution is 5.91. The molecule has 1 aromatic heterocycles. The molecule has 0 atom stereocenters. The molecule has 19 heavy (non-hydrogen) atoms. The summed E-state index contributed by atoms with van der Waals surface area (Å²) in [5.41, 5.74) is 0.843. The number of carboxylic acids is 1. The third kappa shape index (κ3) is 7.67. The smallest absolute Gasteiger partial charge is 0.305 e. The summed E-state index contributed by atoms with van der Waals surface area (Å²) in [5.74, 6) is -1.13. The van der Waals surface area contributed by atoms with Gasteiger partial charge in [-0.3, -0.25) is 14.6 Å². The summed E-state index contributed by atoms with van der Waals surface area (Å²) in [6.45, 7) is 0.784. The van der Waals surface area contributed by atoms with Crippen LogP contribution >= 0.6 is 0 Å². The lowest BCUT2D eigenvalue weighted by Crippen LogP contribution is -2.25. The largest absolute Gasteiger partial charge is 0.481 e. The van der Waals surface area contributed by atoms with Crippen molar-refractivity contribution in [3.63, 3.8) is 0 Å². The molecule has 102 valence electrons. The predicted octanol–water partition coefficient (Wildman–Crippen LogP) is 0.702. The highest BCUT2D eigenvalue weighted by Gasteiger charge is 1.97. The van der Waals surface area contributed by atoms with Crippen LogP contribution in [0.5, 0.6) is 0 Å². The second-order valence-corrected chi connectivity index (χ2v) is 3.67. The lowest BCUT2D eigenvalue weighted by atomic mass is 10.2. The molecule has 0 radical (unpaired) electrons. The molecule has 0 spiro atoms. The van der Waals surface area contributed by atoms with Crippen molar-refractivity contribution in [3.05, 3.63) is 36.2 Å². The summed E-state index contributed by atoms with van der Waals surface area (Å²) < 4.78 is 5.03. The van der Waals surface area contributed by atoms with Crippen molar-refractivity contribution in [2.45, 2.75) is 6.42 Å². The summed E-state index contributed by atoms with van der Waals surface area (Å²) in [7, 11) is 0. The first-order valence-electron chi connectivity index (χ1n) is 5.84. The van der Waals surface area contributed by atoms with E-state index in [9.17, 15) is 9.59 Å². The van der Waals surface area contributed by atoms with Gasteiger partial charge in [0.15, 0.2) is 0 Å². The summed E-state index contributed by atoms with van der Waals surface area (Å²) in [4.78, 5) is 25.5. The predicted molar refractivity (Wildman–Crippen MR) is 69.4 cm³/mol. The number of rotatable bonds is 8. The second-order valence-electron chi connectivity index (χ2n) is 3.67. The van der Waals surface area contributed by atoms with Crippen molar-refractivity contribution in [3.8, 4) is 0 Å². The van der Waals surface area contributed by atoms with Gasteiger partial charge < -0.3 is 15.2 Å². The van der Waals surface area contributed by atoms with E-state index >= 15 is 0 Å². The maximum absolute atomic E-state index is 11.4. The van der Waals surface area contributed by atoms with Gasteiger partial charge in [0, 0.05) is 25.0 Å². The first-order chi connectivity index (χ1) is 9.18. The fraction of sp³-hybridized carbons (Fsp3) is 0.308. The van der Waals surface area contributed by atoms with E-state index in [1.165, 1.54) is 6.08 Å². The number of ether oxygens (including phenoxy) is 1. The Bertz CT molecular complexity index is 432. The Hall–Kier alpha value is -2.21. The molecular weight excluding hydrogens is 248 g/mol. The average Bonchev–Trinajstić information content (AvgIpc) is 2.41. The van der Waals surface area contributed by atoms with E-state index in [0.717, 1.165) is 5.56 Å². The van der Waals surface area contributed by atoms with E-state index in [1.807, 2.05) is 6.07 Å². The Morgan fingerprint density at radius 3 is 2.95 bits per heavy atom. The Morgan fingerprint density at radius 2 is 2.26 bits per heavy atom. The molecule has 0 bridgehead atoms. The molecule has 0 aliphatic heterocycles. The number of carbonyl (C=O) groups is 2. The van der Waals surface area contributed by atoms with Gasteiger partial charge >= 0.3 is 5.97 Å². The number of nitrogens with one attached hydrogen (secondary N) is 1. The third-order valence-corrected chi connectivity index (χ3v) is 2.12. The van der Waals surface area contributed by atoms with Gasteiger partial charge in [-0.2, -0.15) is 0 Å². The lowest BCUT2D eigenvalue weighted by Gasteiger charge is -2.03.